The third-order valence-electron chi connectivity index (χ3n) is 6.74. The lowest BCUT2D eigenvalue weighted by atomic mass is 9.85. The van der Waals surface area contributed by atoms with Crippen LogP contribution in [0.2, 0.25) is 0 Å². The highest BCUT2D eigenvalue weighted by atomic mass is 32.1. The Morgan fingerprint density at radius 3 is 0.944 bits per heavy atom. The first kappa shape index (κ1) is 24.4. The van der Waals surface area contributed by atoms with Crippen molar-refractivity contribution in [3.05, 3.63) is 173 Å². The van der Waals surface area contributed by atoms with Crippen LogP contribution in [0.15, 0.2) is 140 Å². The molecule has 0 saturated heterocycles. The smallest absolute Gasteiger partial charge is 0.0682 e. The summed E-state index contributed by atoms with van der Waals surface area (Å²) >= 11 is 10.6. The molecule has 178 valence electrons. The van der Waals surface area contributed by atoms with E-state index in [0.29, 0.717) is 12.8 Å². The van der Waals surface area contributed by atoms with Crippen LogP contribution in [0.1, 0.15) is 33.6 Å². The number of hydrogen-bond donors (Lipinski definition) is 2. The van der Waals surface area contributed by atoms with Crippen LogP contribution in [0.25, 0.3) is 0 Å². The van der Waals surface area contributed by atoms with Gasteiger partial charge in [0.15, 0.2) is 0 Å². The van der Waals surface area contributed by atoms with E-state index in [1.165, 1.54) is 0 Å². The molecule has 0 fully saturated rings. The summed E-state index contributed by atoms with van der Waals surface area (Å²) in [4.78, 5) is 5.15. The summed E-state index contributed by atoms with van der Waals surface area (Å²) in [6.45, 7) is 0. The van der Waals surface area contributed by atoms with Gasteiger partial charge in [0.2, 0.25) is 0 Å². The lowest BCUT2D eigenvalue weighted by Gasteiger charge is -2.31. The molecule has 1 nitrogen and oxygen atoms in total. The number of rotatable bonds is 8. The highest BCUT2D eigenvalue weighted by molar-refractivity contribution is 7.81. The number of benzene rings is 4. The molecule has 1 heterocycles. The Balaban J connectivity index is 1.52. The van der Waals surface area contributed by atoms with E-state index in [1.54, 1.807) is 0 Å². The summed E-state index contributed by atoms with van der Waals surface area (Å²) in [5, 5.41) is 0. The molecule has 5 rings (SSSR count). The van der Waals surface area contributed by atoms with Crippen molar-refractivity contribution in [2.24, 2.45) is 0 Å². The second-order valence-electron chi connectivity index (χ2n) is 9.16. The van der Waals surface area contributed by atoms with Gasteiger partial charge in [0.1, 0.15) is 0 Å². The van der Waals surface area contributed by atoms with Gasteiger partial charge < -0.3 is 0 Å². The predicted molar refractivity (Wildman–Crippen MR) is 157 cm³/mol. The summed E-state index contributed by atoms with van der Waals surface area (Å²) < 4.78 is -0.990. The maximum atomic E-state index is 5.29. The molecule has 1 aromatic heterocycles. The number of hydrogen-bond acceptors (Lipinski definition) is 3. The molecule has 0 saturated carbocycles. The van der Waals surface area contributed by atoms with Crippen molar-refractivity contribution in [3.63, 3.8) is 0 Å². The molecule has 0 spiro atoms. The molecular weight excluding hydrogens is 475 g/mol. The zero-order valence-corrected chi connectivity index (χ0v) is 21.8. The molecule has 0 atom stereocenters. The van der Waals surface area contributed by atoms with Gasteiger partial charge in [0, 0.05) is 24.2 Å². The van der Waals surface area contributed by atoms with Crippen LogP contribution in [0.4, 0.5) is 0 Å². The van der Waals surface area contributed by atoms with E-state index in [-0.39, 0.29) is 0 Å². The van der Waals surface area contributed by atoms with Gasteiger partial charge in [-0.2, -0.15) is 25.3 Å². The lowest BCUT2D eigenvalue weighted by Crippen LogP contribution is -2.26. The van der Waals surface area contributed by atoms with Crippen molar-refractivity contribution in [3.8, 4) is 0 Å². The predicted octanol–water partition coefficient (Wildman–Crippen LogP) is 7.91. The van der Waals surface area contributed by atoms with Gasteiger partial charge in [-0.1, -0.05) is 127 Å². The monoisotopic (exact) mass is 503 g/mol. The summed E-state index contributed by atoms with van der Waals surface area (Å²) in [6.07, 6.45) is 1.35. The van der Waals surface area contributed by atoms with Crippen LogP contribution >= 0.6 is 25.3 Å². The first-order chi connectivity index (χ1) is 17.6. The van der Waals surface area contributed by atoms with Gasteiger partial charge in [0.05, 0.1) is 9.49 Å². The van der Waals surface area contributed by atoms with E-state index < -0.39 is 9.49 Å². The topological polar surface area (TPSA) is 12.9 Å². The van der Waals surface area contributed by atoms with Gasteiger partial charge in [-0.15, -0.1) is 0 Å². The molecule has 36 heavy (non-hydrogen) atoms. The lowest BCUT2D eigenvalue weighted by molar-refractivity contribution is 0.694. The Hall–Kier alpha value is -3.27. The zero-order valence-electron chi connectivity index (χ0n) is 20.0. The fraction of sp³-hybridized carbons (Fsp3) is 0.121. The second-order valence-corrected chi connectivity index (χ2v) is 10.7. The fourth-order valence-electron chi connectivity index (χ4n) is 4.85. The van der Waals surface area contributed by atoms with E-state index in [4.69, 9.17) is 30.2 Å². The SMILES string of the molecule is SC(Cc1cccc(CC(S)(c2ccccc2)c2ccccc2)n1)(c1ccccc1)c1ccccc1. The molecule has 0 aliphatic carbocycles. The Morgan fingerprint density at radius 2 is 0.667 bits per heavy atom. The van der Waals surface area contributed by atoms with E-state index >= 15 is 0 Å². The Kier molecular flexibility index (Phi) is 7.31. The molecule has 4 aromatic carbocycles. The molecule has 5 aromatic rings. The Labute approximate surface area is 225 Å². The Bertz CT molecular complexity index is 1200. The van der Waals surface area contributed by atoms with Gasteiger partial charge in [-0.25, -0.2) is 0 Å². The Morgan fingerprint density at radius 1 is 0.389 bits per heavy atom. The molecule has 0 N–H and O–H groups in total. The van der Waals surface area contributed by atoms with Crippen LogP contribution < -0.4 is 0 Å². The number of thiol groups is 2. The van der Waals surface area contributed by atoms with Crippen molar-refractivity contribution >= 4 is 25.3 Å². The van der Waals surface area contributed by atoms with Gasteiger partial charge in [-0.3, -0.25) is 4.98 Å². The summed E-state index contributed by atoms with van der Waals surface area (Å²) in [7, 11) is 0. The van der Waals surface area contributed by atoms with Crippen molar-refractivity contribution in [1.82, 2.24) is 4.98 Å². The van der Waals surface area contributed by atoms with Crippen molar-refractivity contribution in [2.75, 3.05) is 0 Å². The number of nitrogens with zero attached hydrogens (tertiary/aromatic N) is 1. The first-order valence-electron chi connectivity index (χ1n) is 12.2. The number of pyridine rings is 1. The number of aromatic nitrogens is 1. The quantitative estimate of drug-likeness (QED) is 0.205. The van der Waals surface area contributed by atoms with Crippen LogP contribution in [0, 0.1) is 0 Å². The zero-order chi connectivity index (χ0) is 24.8. The molecule has 0 unspecified atom stereocenters. The van der Waals surface area contributed by atoms with E-state index in [9.17, 15) is 0 Å². The van der Waals surface area contributed by atoms with Crippen molar-refractivity contribution < 1.29 is 0 Å². The first-order valence-corrected chi connectivity index (χ1v) is 13.1. The molecule has 0 bridgehead atoms. The highest BCUT2D eigenvalue weighted by Crippen LogP contribution is 2.41. The third-order valence-corrected chi connectivity index (χ3v) is 8.09. The van der Waals surface area contributed by atoms with Crippen LogP contribution in [0.5, 0.6) is 0 Å². The van der Waals surface area contributed by atoms with Crippen molar-refractivity contribution in [1.29, 1.82) is 0 Å². The standard InChI is InChI=1S/C33H29NS2/c35-32(26-14-5-1-6-15-26,27-16-7-2-8-17-27)24-30-22-13-23-31(34-30)25-33(36,28-18-9-3-10-19-28)29-20-11-4-12-21-29/h1-23,35-36H,24-25H2. The van der Waals surface area contributed by atoms with Crippen LogP contribution in [-0.4, -0.2) is 4.98 Å². The third kappa shape index (κ3) is 5.13. The van der Waals surface area contributed by atoms with Crippen molar-refractivity contribution in [2.45, 2.75) is 22.3 Å². The summed E-state index contributed by atoms with van der Waals surface area (Å²) in [6, 6.07) is 48.2. The highest BCUT2D eigenvalue weighted by Gasteiger charge is 2.33. The molecule has 0 aliphatic rings. The van der Waals surface area contributed by atoms with Crippen LogP contribution in [-0.2, 0) is 22.3 Å². The molecule has 0 radical (unpaired) electrons. The molecule has 0 aliphatic heterocycles. The normalized spacial score (nSPS) is 11.8. The van der Waals surface area contributed by atoms with Gasteiger partial charge in [-0.05, 0) is 34.4 Å². The largest absolute Gasteiger partial charge is 0.258 e. The minimum absolute atomic E-state index is 0.495. The second kappa shape index (κ2) is 10.8. The van der Waals surface area contributed by atoms with E-state index in [0.717, 1.165) is 33.6 Å². The summed E-state index contributed by atoms with van der Waals surface area (Å²) in [5.41, 5.74) is 6.64. The fourth-order valence-corrected chi connectivity index (χ4v) is 5.77. The molecule has 3 heteroatoms. The van der Waals surface area contributed by atoms with Crippen LogP contribution in [0.3, 0.4) is 0 Å². The summed E-state index contributed by atoms with van der Waals surface area (Å²) in [5.74, 6) is 0. The average molecular weight is 504 g/mol. The molecule has 0 amide bonds. The minimum Gasteiger partial charge on any atom is -0.258 e. The average Bonchev–Trinajstić information content (AvgIpc) is 2.95. The minimum atomic E-state index is -0.495. The maximum absolute atomic E-state index is 5.29. The van der Waals surface area contributed by atoms with Gasteiger partial charge in [0.25, 0.3) is 0 Å². The van der Waals surface area contributed by atoms with E-state index in [2.05, 4.69) is 115 Å². The van der Waals surface area contributed by atoms with E-state index in [1.807, 2.05) is 24.3 Å². The van der Waals surface area contributed by atoms with Gasteiger partial charge >= 0.3 is 0 Å². The maximum Gasteiger partial charge on any atom is 0.0682 e. The molecular formula is C33H29NS2.